The minimum Gasteiger partial charge on any atom is -0.497 e. The van der Waals surface area contributed by atoms with Gasteiger partial charge in [-0.05, 0) is 24.1 Å². The van der Waals surface area contributed by atoms with E-state index in [9.17, 15) is 9.59 Å². The second kappa shape index (κ2) is 10.3. The van der Waals surface area contributed by atoms with Crippen molar-refractivity contribution in [3.63, 3.8) is 0 Å². The lowest BCUT2D eigenvalue weighted by Crippen LogP contribution is -2.31. The van der Waals surface area contributed by atoms with Gasteiger partial charge in [0.05, 0.1) is 19.4 Å². The number of methoxy groups -OCH3 is 2. The third kappa shape index (κ3) is 5.74. The number of ether oxygens (including phenoxy) is 2. The highest BCUT2D eigenvalue weighted by Crippen LogP contribution is 2.34. The Hall–Kier alpha value is -2.52. The molecule has 0 saturated carbocycles. The number of nitrogens with zero attached hydrogens (tertiary/aromatic N) is 2. The zero-order valence-electron chi connectivity index (χ0n) is 16.7. The zero-order valence-corrected chi connectivity index (χ0v) is 17.5. The van der Waals surface area contributed by atoms with Crippen LogP contribution < -0.4 is 15.4 Å². The number of hydrogen-bond donors (Lipinski definition) is 2. The quantitative estimate of drug-likeness (QED) is 0.573. The first kappa shape index (κ1) is 21.2. The minimum absolute atomic E-state index is 0.0650. The summed E-state index contributed by atoms with van der Waals surface area (Å²) in [7, 11) is 3.21. The second-order valence-electron chi connectivity index (χ2n) is 6.66. The normalized spacial score (nSPS) is 12.5. The lowest BCUT2D eigenvalue weighted by Gasteiger charge is -2.11. The number of hydrogen-bond acceptors (Lipinski definition) is 6. The molecule has 2 N–H and O–H groups in total. The first-order valence-electron chi connectivity index (χ1n) is 9.45. The molecule has 0 aliphatic carbocycles. The van der Waals surface area contributed by atoms with Gasteiger partial charge >= 0.3 is 0 Å². The third-order valence-corrected chi connectivity index (χ3v) is 5.57. The number of thioether (sulfide) groups is 1. The first-order valence-corrected chi connectivity index (χ1v) is 10.6. The Morgan fingerprint density at radius 1 is 1.17 bits per heavy atom. The number of carbonyl (C=O) groups excluding carboxylic acids is 2. The molecule has 0 bridgehead atoms. The number of aromatic nitrogens is 2. The van der Waals surface area contributed by atoms with Crippen molar-refractivity contribution in [2.24, 2.45) is 0 Å². The van der Waals surface area contributed by atoms with Crippen LogP contribution in [0.4, 0.5) is 5.82 Å². The van der Waals surface area contributed by atoms with E-state index in [2.05, 4.69) is 15.7 Å². The van der Waals surface area contributed by atoms with Crippen LogP contribution in [0.2, 0.25) is 0 Å². The summed E-state index contributed by atoms with van der Waals surface area (Å²) in [6.07, 6.45) is 0.970. The van der Waals surface area contributed by atoms with E-state index in [4.69, 9.17) is 9.47 Å². The summed E-state index contributed by atoms with van der Waals surface area (Å²) < 4.78 is 11.7. The molecule has 1 aliphatic heterocycles. The number of fused-ring (bicyclic) bond motifs is 1. The lowest BCUT2D eigenvalue weighted by molar-refractivity contribution is -0.122. The number of aryl methyl sites for hydroxylation is 1. The molecule has 156 valence electrons. The molecule has 1 aromatic heterocycles. The Morgan fingerprint density at radius 3 is 2.69 bits per heavy atom. The van der Waals surface area contributed by atoms with Crippen molar-refractivity contribution >= 4 is 29.4 Å². The smallest absolute Gasteiger partial charge is 0.241 e. The largest absolute Gasteiger partial charge is 0.497 e. The van der Waals surface area contributed by atoms with Crippen LogP contribution in [0.1, 0.15) is 23.2 Å². The molecular formula is C20H26N4O4S. The van der Waals surface area contributed by atoms with Crippen LogP contribution in [0.25, 0.3) is 0 Å². The molecule has 0 unspecified atom stereocenters. The molecule has 1 aromatic carbocycles. The summed E-state index contributed by atoms with van der Waals surface area (Å²) in [4.78, 5) is 24.7. The number of carbonyl (C=O) groups is 2. The number of nitrogens with one attached hydrogen (secondary N) is 2. The van der Waals surface area contributed by atoms with Crippen LogP contribution in [0, 0.1) is 0 Å². The standard InChI is InChI=1S/C20H26N4O4S/c1-27-10-9-21-19(26)11-24-20(16-12-29-13-17(16)23-24)22-18(25)8-5-14-3-6-15(28-2)7-4-14/h3-4,6-7H,5,8-13H2,1-2H3,(H,21,26)(H,22,25). The molecule has 1 aliphatic rings. The minimum atomic E-state index is -0.162. The summed E-state index contributed by atoms with van der Waals surface area (Å²) in [6, 6.07) is 7.67. The Kier molecular flexibility index (Phi) is 7.54. The topological polar surface area (TPSA) is 94.5 Å². The lowest BCUT2D eigenvalue weighted by atomic mass is 10.1. The molecule has 2 aromatic rings. The Morgan fingerprint density at radius 2 is 1.97 bits per heavy atom. The van der Waals surface area contributed by atoms with E-state index in [1.165, 1.54) is 0 Å². The van der Waals surface area contributed by atoms with Crippen molar-refractivity contribution in [1.82, 2.24) is 15.1 Å². The molecule has 0 atom stereocenters. The van der Waals surface area contributed by atoms with Crippen LogP contribution in [0.5, 0.6) is 5.75 Å². The van der Waals surface area contributed by atoms with E-state index < -0.39 is 0 Å². The summed E-state index contributed by atoms with van der Waals surface area (Å²) in [5.74, 6) is 2.74. The van der Waals surface area contributed by atoms with Gasteiger partial charge in [0.1, 0.15) is 18.1 Å². The fourth-order valence-electron chi connectivity index (χ4n) is 3.05. The number of benzene rings is 1. The highest BCUT2D eigenvalue weighted by molar-refractivity contribution is 7.98. The van der Waals surface area contributed by atoms with Gasteiger partial charge in [0, 0.05) is 37.1 Å². The SMILES string of the molecule is COCCNC(=O)Cn1nc2c(c1NC(=O)CCc1ccc(OC)cc1)CSC2. The predicted molar refractivity (Wildman–Crippen MR) is 112 cm³/mol. The van der Waals surface area contributed by atoms with Gasteiger partial charge in [-0.1, -0.05) is 12.1 Å². The van der Waals surface area contributed by atoms with Gasteiger partial charge in [-0.25, -0.2) is 4.68 Å². The van der Waals surface area contributed by atoms with Crippen LogP contribution in [-0.4, -0.2) is 49.0 Å². The van der Waals surface area contributed by atoms with Gasteiger partial charge in [-0.2, -0.15) is 16.9 Å². The van der Waals surface area contributed by atoms with E-state index in [1.807, 2.05) is 24.3 Å². The highest BCUT2D eigenvalue weighted by atomic mass is 32.2. The van der Waals surface area contributed by atoms with Gasteiger partial charge in [0.25, 0.3) is 0 Å². The van der Waals surface area contributed by atoms with Crippen molar-refractivity contribution in [3.05, 3.63) is 41.1 Å². The van der Waals surface area contributed by atoms with Crippen molar-refractivity contribution < 1.29 is 19.1 Å². The molecule has 0 saturated heterocycles. The van der Waals surface area contributed by atoms with Gasteiger partial charge in [-0.15, -0.1) is 0 Å². The molecule has 0 radical (unpaired) electrons. The Bertz CT molecular complexity index is 851. The van der Waals surface area contributed by atoms with Gasteiger partial charge < -0.3 is 20.1 Å². The molecule has 2 heterocycles. The zero-order chi connectivity index (χ0) is 20.6. The van der Waals surface area contributed by atoms with Gasteiger partial charge in [-0.3, -0.25) is 9.59 Å². The first-order chi connectivity index (χ1) is 14.1. The molecule has 29 heavy (non-hydrogen) atoms. The van der Waals surface area contributed by atoms with Crippen LogP contribution in [-0.2, 0) is 38.8 Å². The van der Waals surface area contributed by atoms with Crippen LogP contribution in [0.3, 0.4) is 0 Å². The average Bonchev–Trinajstić information content (AvgIpc) is 3.30. The molecule has 2 amide bonds. The second-order valence-corrected chi connectivity index (χ2v) is 7.65. The molecule has 9 heteroatoms. The van der Waals surface area contributed by atoms with E-state index in [0.717, 1.165) is 34.1 Å². The molecular weight excluding hydrogens is 392 g/mol. The molecule has 3 rings (SSSR count). The summed E-state index contributed by atoms with van der Waals surface area (Å²) in [6.45, 7) is 0.956. The van der Waals surface area contributed by atoms with Crippen molar-refractivity contribution in [2.45, 2.75) is 30.9 Å². The van der Waals surface area contributed by atoms with Crippen molar-refractivity contribution in [1.29, 1.82) is 0 Å². The summed E-state index contributed by atoms with van der Waals surface area (Å²) in [5, 5.41) is 10.3. The number of amides is 2. The van der Waals surface area contributed by atoms with E-state index >= 15 is 0 Å². The molecule has 0 spiro atoms. The highest BCUT2D eigenvalue weighted by Gasteiger charge is 2.24. The number of anilines is 1. The van der Waals surface area contributed by atoms with Crippen molar-refractivity contribution in [2.75, 3.05) is 32.7 Å². The fraction of sp³-hybridized carbons (Fsp3) is 0.450. The van der Waals surface area contributed by atoms with E-state index in [0.29, 0.717) is 31.8 Å². The maximum atomic E-state index is 12.6. The van der Waals surface area contributed by atoms with Crippen LogP contribution >= 0.6 is 11.8 Å². The molecule has 8 nitrogen and oxygen atoms in total. The molecule has 0 fully saturated rings. The number of rotatable bonds is 10. The van der Waals surface area contributed by atoms with Gasteiger partial charge in [0.2, 0.25) is 11.8 Å². The predicted octanol–water partition coefficient (Wildman–Crippen LogP) is 1.97. The monoisotopic (exact) mass is 418 g/mol. The average molecular weight is 419 g/mol. The Balaban J connectivity index is 1.61. The maximum Gasteiger partial charge on any atom is 0.241 e. The maximum absolute atomic E-state index is 12.6. The summed E-state index contributed by atoms with van der Waals surface area (Å²) in [5.41, 5.74) is 3.01. The van der Waals surface area contributed by atoms with Crippen molar-refractivity contribution in [3.8, 4) is 5.75 Å². The fourth-order valence-corrected chi connectivity index (χ4v) is 4.08. The van der Waals surface area contributed by atoms with E-state index in [-0.39, 0.29) is 18.4 Å². The van der Waals surface area contributed by atoms with Gasteiger partial charge in [0.15, 0.2) is 0 Å². The van der Waals surface area contributed by atoms with E-state index in [1.54, 1.807) is 30.7 Å². The van der Waals surface area contributed by atoms with Crippen LogP contribution in [0.15, 0.2) is 24.3 Å². The summed E-state index contributed by atoms with van der Waals surface area (Å²) >= 11 is 1.75. The third-order valence-electron chi connectivity index (χ3n) is 4.60. The Labute approximate surface area is 174 Å².